The summed E-state index contributed by atoms with van der Waals surface area (Å²) in [6.07, 6.45) is 0.509. The summed E-state index contributed by atoms with van der Waals surface area (Å²) in [5, 5.41) is 1.02. The highest BCUT2D eigenvalue weighted by Gasteiger charge is 2.05. The predicted octanol–water partition coefficient (Wildman–Crippen LogP) is 2.86. The Balaban J connectivity index is 2.42. The third-order valence-electron chi connectivity index (χ3n) is 1.75. The number of H-pyrrole nitrogens is 1. The lowest BCUT2D eigenvalue weighted by molar-refractivity contribution is 0.0813. The van der Waals surface area contributed by atoms with Gasteiger partial charge in [-0.15, -0.1) is 0 Å². The molecule has 2 heterocycles. The van der Waals surface area contributed by atoms with Crippen LogP contribution < -0.4 is 4.74 Å². The normalized spacial score (nSPS) is 13.1. The van der Waals surface area contributed by atoms with E-state index in [1.165, 1.54) is 6.92 Å². The molecule has 0 spiro atoms. The molecular weight excluding hydrogens is 298 g/mol. The van der Waals surface area contributed by atoms with Gasteiger partial charge in [0.05, 0.1) is 0 Å². The summed E-state index contributed by atoms with van der Waals surface area (Å²) in [5.74, 6) is 0.297. The predicted molar refractivity (Wildman–Crippen MR) is 60.0 cm³/mol. The van der Waals surface area contributed by atoms with Crippen LogP contribution in [0.5, 0.6) is 5.88 Å². The summed E-state index contributed by atoms with van der Waals surface area (Å²) in [6, 6.07) is 3.52. The van der Waals surface area contributed by atoms with Gasteiger partial charge in [-0.3, -0.25) is 0 Å². The van der Waals surface area contributed by atoms with Gasteiger partial charge in [0.15, 0.2) is 0 Å². The van der Waals surface area contributed by atoms with Crippen molar-refractivity contribution in [2.45, 2.75) is 13.3 Å². The fourth-order valence-electron chi connectivity index (χ4n) is 1.19. The minimum absolute atomic E-state index is 0.297. The second kappa shape index (κ2) is 3.72. The number of alkyl halides is 1. The molecule has 0 bridgehead atoms. The molecule has 2 rings (SSSR count). The molecule has 14 heavy (non-hydrogen) atoms. The molecule has 0 radical (unpaired) electrons. The number of aromatic nitrogens is 2. The van der Waals surface area contributed by atoms with Gasteiger partial charge in [-0.2, -0.15) is 4.98 Å². The molecule has 0 amide bonds. The van der Waals surface area contributed by atoms with E-state index in [9.17, 15) is 4.39 Å². The number of hydrogen-bond donors (Lipinski definition) is 1. The monoisotopic (exact) mass is 306 g/mol. The number of halogens is 2. The van der Waals surface area contributed by atoms with Crippen LogP contribution in [0.2, 0.25) is 0 Å². The largest absolute Gasteiger partial charge is 0.444 e. The SMILES string of the molecule is CC(F)Oc1ccc2c(I)c[nH]c2n1. The Kier molecular flexibility index (Phi) is 2.58. The van der Waals surface area contributed by atoms with Crippen molar-refractivity contribution in [3.05, 3.63) is 21.9 Å². The van der Waals surface area contributed by atoms with Gasteiger partial charge in [0, 0.05) is 28.1 Å². The molecule has 2 aromatic heterocycles. The molecule has 0 saturated heterocycles. The fourth-order valence-corrected chi connectivity index (χ4v) is 1.78. The molecule has 5 heteroatoms. The van der Waals surface area contributed by atoms with Crippen LogP contribution in [0, 0.1) is 3.57 Å². The number of aromatic amines is 1. The molecule has 0 aliphatic carbocycles. The lowest BCUT2D eigenvalue weighted by Crippen LogP contribution is -2.04. The molecule has 0 aliphatic rings. The Morgan fingerprint density at radius 3 is 3.07 bits per heavy atom. The topological polar surface area (TPSA) is 37.9 Å². The highest BCUT2D eigenvalue weighted by Crippen LogP contribution is 2.21. The third kappa shape index (κ3) is 1.82. The van der Waals surface area contributed by atoms with Crippen molar-refractivity contribution in [3.8, 4) is 5.88 Å². The summed E-state index contributed by atoms with van der Waals surface area (Å²) in [5.41, 5.74) is 0.715. The van der Waals surface area contributed by atoms with Crippen molar-refractivity contribution in [2.24, 2.45) is 0 Å². The molecule has 2 aromatic rings. The van der Waals surface area contributed by atoms with E-state index < -0.39 is 6.36 Å². The second-order valence-corrected chi connectivity index (χ2v) is 4.01. The molecular formula is C9H8FIN2O. The zero-order valence-electron chi connectivity index (χ0n) is 7.42. The third-order valence-corrected chi connectivity index (χ3v) is 2.64. The summed E-state index contributed by atoms with van der Waals surface area (Å²) in [7, 11) is 0. The maximum Gasteiger partial charge on any atom is 0.237 e. The number of nitrogens with zero attached hydrogens (tertiary/aromatic N) is 1. The number of ether oxygens (including phenoxy) is 1. The van der Waals surface area contributed by atoms with Crippen LogP contribution in [0.1, 0.15) is 6.92 Å². The van der Waals surface area contributed by atoms with Crippen LogP contribution in [-0.2, 0) is 0 Å². The van der Waals surface area contributed by atoms with Crippen molar-refractivity contribution >= 4 is 33.6 Å². The van der Waals surface area contributed by atoms with E-state index >= 15 is 0 Å². The van der Waals surface area contributed by atoms with Crippen LogP contribution in [0.15, 0.2) is 18.3 Å². The van der Waals surface area contributed by atoms with Gasteiger partial charge in [0.1, 0.15) is 5.65 Å². The maximum absolute atomic E-state index is 12.5. The van der Waals surface area contributed by atoms with Gasteiger partial charge >= 0.3 is 0 Å². The van der Waals surface area contributed by atoms with Gasteiger partial charge in [-0.25, -0.2) is 4.39 Å². The number of fused-ring (bicyclic) bond motifs is 1. The first-order chi connectivity index (χ1) is 6.66. The summed E-state index contributed by atoms with van der Waals surface area (Å²) >= 11 is 2.20. The molecule has 0 aliphatic heterocycles. The summed E-state index contributed by atoms with van der Waals surface area (Å²) in [4.78, 5) is 7.09. The first-order valence-corrected chi connectivity index (χ1v) is 5.19. The van der Waals surface area contributed by atoms with E-state index in [0.717, 1.165) is 8.96 Å². The molecule has 0 aromatic carbocycles. The summed E-state index contributed by atoms with van der Waals surface area (Å²) < 4.78 is 18.4. The minimum atomic E-state index is -1.34. The Hall–Kier alpha value is -0.850. The Morgan fingerprint density at radius 1 is 1.57 bits per heavy atom. The highest BCUT2D eigenvalue weighted by atomic mass is 127. The maximum atomic E-state index is 12.5. The smallest absolute Gasteiger partial charge is 0.237 e. The zero-order valence-corrected chi connectivity index (χ0v) is 9.58. The van der Waals surface area contributed by atoms with Gasteiger partial charge in [0.2, 0.25) is 12.2 Å². The zero-order chi connectivity index (χ0) is 10.1. The van der Waals surface area contributed by atoms with E-state index in [0.29, 0.717) is 11.5 Å². The summed E-state index contributed by atoms with van der Waals surface area (Å²) in [6.45, 7) is 1.32. The van der Waals surface area contributed by atoms with Crippen LogP contribution in [-0.4, -0.2) is 16.3 Å². The van der Waals surface area contributed by atoms with E-state index in [-0.39, 0.29) is 0 Å². The van der Waals surface area contributed by atoms with Crippen LogP contribution in [0.3, 0.4) is 0 Å². The Morgan fingerprint density at radius 2 is 2.36 bits per heavy atom. The average Bonchev–Trinajstić information content (AvgIpc) is 2.46. The molecule has 1 atom stereocenters. The van der Waals surface area contributed by atoms with Gasteiger partial charge in [-0.1, -0.05) is 0 Å². The lowest BCUT2D eigenvalue weighted by Gasteiger charge is -2.04. The van der Waals surface area contributed by atoms with Crippen molar-refractivity contribution in [1.82, 2.24) is 9.97 Å². The fraction of sp³-hybridized carbons (Fsp3) is 0.222. The van der Waals surface area contributed by atoms with Crippen molar-refractivity contribution < 1.29 is 9.13 Å². The van der Waals surface area contributed by atoms with Crippen LogP contribution in [0.4, 0.5) is 4.39 Å². The van der Waals surface area contributed by atoms with E-state index in [2.05, 4.69) is 32.6 Å². The highest BCUT2D eigenvalue weighted by molar-refractivity contribution is 14.1. The van der Waals surface area contributed by atoms with Crippen LogP contribution in [0.25, 0.3) is 11.0 Å². The molecule has 0 fully saturated rings. The van der Waals surface area contributed by atoms with E-state index in [1.54, 1.807) is 6.07 Å². The minimum Gasteiger partial charge on any atom is -0.444 e. The number of nitrogens with one attached hydrogen (secondary N) is 1. The molecule has 3 nitrogen and oxygen atoms in total. The van der Waals surface area contributed by atoms with Crippen LogP contribution >= 0.6 is 22.6 Å². The Labute approximate surface area is 93.8 Å². The van der Waals surface area contributed by atoms with Crippen molar-refractivity contribution in [3.63, 3.8) is 0 Å². The average molecular weight is 306 g/mol. The first-order valence-electron chi connectivity index (χ1n) is 4.11. The van der Waals surface area contributed by atoms with E-state index in [4.69, 9.17) is 4.74 Å². The number of hydrogen-bond acceptors (Lipinski definition) is 2. The molecule has 1 N–H and O–H groups in total. The molecule has 74 valence electrons. The van der Waals surface area contributed by atoms with Gasteiger partial charge in [-0.05, 0) is 28.7 Å². The number of pyridine rings is 1. The first kappa shape index (κ1) is 9.70. The number of rotatable bonds is 2. The van der Waals surface area contributed by atoms with Crippen molar-refractivity contribution in [1.29, 1.82) is 0 Å². The van der Waals surface area contributed by atoms with Gasteiger partial charge in [0.25, 0.3) is 0 Å². The Bertz CT molecular complexity index is 455. The molecule has 1 unspecified atom stereocenters. The lowest BCUT2D eigenvalue weighted by atomic mass is 10.3. The van der Waals surface area contributed by atoms with Gasteiger partial charge < -0.3 is 9.72 Å². The second-order valence-electron chi connectivity index (χ2n) is 2.84. The standard InChI is InChI=1S/C9H8FIN2O/c1-5(10)14-8-3-2-6-7(11)4-12-9(6)13-8/h2-5H,1H3,(H,12,13). The quantitative estimate of drug-likeness (QED) is 0.866. The van der Waals surface area contributed by atoms with E-state index in [1.807, 2.05) is 12.3 Å². The molecule has 0 saturated carbocycles. The van der Waals surface area contributed by atoms with Crippen molar-refractivity contribution in [2.75, 3.05) is 0 Å².